The molecule has 2 rings (SSSR count). The molecule has 1 atom stereocenters. The van der Waals surface area contributed by atoms with E-state index < -0.39 is 12.0 Å². The Labute approximate surface area is 139 Å². The van der Waals surface area contributed by atoms with E-state index in [1.165, 1.54) is 24.3 Å². The summed E-state index contributed by atoms with van der Waals surface area (Å²) in [5, 5.41) is 59.5. The molecule has 7 nitrogen and oxygen atoms in total. The first-order chi connectivity index (χ1) is 11.3. The van der Waals surface area contributed by atoms with Gasteiger partial charge in [-0.3, -0.25) is 0 Å². The van der Waals surface area contributed by atoms with Crippen molar-refractivity contribution in [2.75, 3.05) is 6.54 Å². The minimum Gasteiger partial charge on any atom is -0.508 e. The van der Waals surface area contributed by atoms with Crippen LogP contribution in [-0.2, 0) is 12.8 Å². The number of hydrogen-bond acceptors (Lipinski definition) is 7. The van der Waals surface area contributed by atoms with E-state index in [0.717, 1.165) is 0 Å². The Morgan fingerprint density at radius 1 is 0.875 bits per heavy atom. The van der Waals surface area contributed by atoms with Crippen LogP contribution in [0.25, 0.3) is 0 Å². The van der Waals surface area contributed by atoms with E-state index in [1.54, 1.807) is 18.2 Å². The van der Waals surface area contributed by atoms with Crippen molar-refractivity contribution in [2.45, 2.75) is 24.9 Å². The summed E-state index contributed by atoms with van der Waals surface area (Å²) >= 11 is 0. The summed E-state index contributed by atoms with van der Waals surface area (Å²) in [5.41, 5.74) is 1.27. The van der Waals surface area contributed by atoms with Gasteiger partial charge in [0.15, 0.2) is 0 Å². The van der Waals surface area contributed by atoms with Gasteiger partial charge in [-0.05, 0) is 48.7 Å². The molecule has 7 heteroatoms. The minimum absolute atomic E-state index is 0.0468. The number of phenols is 3. The first kappa shape index (κ1) is 18.0. The standard InChI is InChI=1S/C17H21NO6/c19-13-4-1-11(2-5-13)9-16(17(22,23)24)18-8-7-12-3-6-14(20)10-15(12)21/h1-6,10,16,18-24H,7-9H2/t16-/m0/s1. The number of hydrogen-bond donors (Lipinski definition) is 7. The SMILES string of the molecule is Oc1ccc(C[C@H](NCCc2ccc(O)cc2O)C(O)(O)O)cc1. The van der Waals surface area contributed by atoms with Crippen LogP contribution in [0.4, 0.5) is 0 Å². The Balaban J connectivity index is 1.97. The summed E-state index contributed by atoms with van der Waals surface area (Å²) in [6, 6.07) is 9.31. The molecule has 0 amide bonds. The van der Waals surface area contributed by atoms with E-state index in [1.807, 2.05) is 0 Å². The molecule has 7 N–H and O–H groups in total. The molecule has 2 aromatic carbocycles. The van der Waals surface area contributed by atoms with Crippen molar-refractivity contribution >= 4 is 0 Å². The van der Waals surface area contributed by atoms with Crippen LogP contribution in [0.5, 0.6) is 17.2 Å². The zero-order chi connectivity index (χ0) is 17.7. The van der Waals surface area contributed by atoms with Gasteiger partial charge in [0, 0.05) is 6.07 Å². The minimum atomic E-state index is -2.92. The molecule has 0 radical (unpaired) electrons. The predicted molar refractivity (Wildman–Crippen MR) is 86.5 cm³/mol. The van der Waals surface area contributed by atoms with Crippen LogP contribution in [-0.4, -0.2) is 49.2 Å². The second-order valence-electron chi connectivity index (χ2n) is 5.63. The number of aliphatic hydroxyl groups is 3. The molecule has 130 valence electrons. The normalized spacial score (nSPS) is 13.0. The van der Waals surface area contributed by atoms with Gasteiger partial charge in [-0.1, -0.05) is 18.2 Å². The van der Waals surface area contributed by atoms with Gasteiger partial charge in [-0.25, -0.2) is 0 Å². The van der Waals surface area contributed by atoms with Gasteiger partial charge in [0.05, 0.1) is 6.04 Å². The highest BCUT2D eigenvalue weighted by Crippen LogP contribution is 2.23. The van der Waals surface area contributed by atoms with Crippen molar-refractivity contribution in [3.8, 4) is 17.2 Å². The number of phenolic OH excluding ortho intramolecular Hbond substituents is 3. The molecule has 0 saturated heterocycles. The first-order valence-electron chi connectivity index (χ1n) is 7.45. The van der Waals surface area contributed by atoms with Crippen molar-refractivity contribution in [1.29, 1.82) is 0 Å². The third-order valence-corrected chi connectivity index (χ3v) is 3.70. The van der Waals surface area contributed by atoms with Crippen molar-refractivity contribution in [3.05, 3.63) is 53.6 Å². The third kappa shape index (κ3) is 5.10. The Hall–Kier alpha value is -2.32. The zero-order valence-electron chi connectivity index (χ0n) is 12.9. The number of nitrogens with one attached hydrogen (secondary N) is 1. The average molecular weight is 335 g/mol. The molecular formula is C17H21NO6. The van der Waals surface area contributed by atoms with Crippen molar-refractivity contribution in [3.63, 3.8) is 0 Å². The average Bonchev–Trinajstić information content (AvgIpc) is 2.49. The molecular weight excluding hydrogens is 314 g/mol. The Kier molecular flexibility index (Phi) is 5.63. The van der Waals surface area contributed by atoms with Gasteiger partial charge >= 0.3 is 0 Å². The molecule has 0 aliphatic heterocycles. The molecule has 0 saturated carbocycles. The second kappa shape index (κ2) is 7.50. The number of rotatable bonds is 7. The lowest BCUT2D eigenvalue weighted by Crippen LogP contribution is -2.52. The molecule has 0 spiro atoms. The maximum absolute atomic E-state index is 9.72. The number of aromatic hydroxyl groups is 3. The Morgan fingerprint density at radius 3 is 2.08 bits per heavy atom. The molecule has 0 bridgehead atoms. The van der Waals surface area contributed by atoms with Crippen LogP contribution in [0, 0.1) is 0 Å². The second-order valence-corrected chi connectivity index (χ2v) is 5.63. The van der Waals surface area contributed by atoms with Crippen LogP contribution in [0.15, 0.2) is 42.5 Å². The van der Waals surface area contributed by atoms with Gasteiger partial charge in [-0.2, -0.15) is 0 Å². The molecule has 0 fully saturated rings. The number of benzene rings is 2. The van der Waals surface area contributed by atoms with Crippen LogP contribution in [0.3, 0.4) is 0 Å². The monoisotopic (exact) mass is 335 g/mol. The largest absolute Gasteiger partial charge is 0.508 e. The lowest BCUT2D eigenvalue weighted by atomic mass is 10.0. The fourth-order valence-corrected chi connectivity index (χ4v) is 2.36. The summed E-state index contributed by atoms with van der Waals surface area (Å²) in [6.07, 6.45) is 0.472. The highest BCUT2D eigenvalue weighted by Gasteiger charge is 2.31. The van der Waals surface area contributed by atoms with E-state index >= 15 is 0 Å². The van der Waals surface area contributed by atoms with E-state index in [9.17, 15) is 30.6 Å². The van der Waals surface area contributed by atoms with Crippen LogP contribution >= 0.6 is 0 Å². The summed E-state index contributed by atoms with van der Waals surface area (Å²) < 4.78 is 0. The van der Waals surface area contributed by atoms with E-state index in [-0.39, 0.29) is 30.2 Å². The maximum Gasteiger partial charge on any atom is 0.292 e. The fourth-order valence-electron chi connectivity index (χ4n) is 2.36. The smallest absolute Gasteiger partial charge is 0.292 e. The van der Waals surface area contributed by atoms with E-state index in [0.29, 0.717) is 17.5 Å². The van der Waals surface area contributed by atoms with Crippen molar-refractivity contribution in [2.24, 2.45) is 0 Å². The molecule has 0 unspecified atom stereocenters. The van der Waals surface area contributed by atoms with E-state index in [2.05, 4.69) is 5.32 Å². The van der Waals surface area contributed by atoms with Crippen molar-refractivity contribution in [1.82, 2.24) is 5.32 Å². The molecule has 0 aliphatic rings. The van der Waals surface area contributed by atoms with Gasteiger partial charge in [0.1, 0.15) is 17.2 Å². The van der Waals surface area contributed by atoms with E-state index in [4.69, 9.17) is 0 Å². The van der Waals surface area contributed by atoms with Gasteiger partial charge < -0.3 is 36.0 Å². The lowest BCUT2D eigenvalue weighted by Gasteiger charge is -2.27. The van der Waals surface area contributed by atoms with Gasteiger partial charge in [0.25, 0.3) is 5.97 Å². The maximum atomic E-state index is 9.72. The summed E-state index contributed by atoms with van der Waals surface area (Å²) in [4.78, 5) is 0. The van der Waals surface area contributed by atoms with Crippen LogP contribution in [0.2, 0.25) is 0 Å². The lowest BCUT2D eigenvalue weighted by molar-refractivity contribution is -0.327. The van der Waals surface area contributed by atoms with Gasteiger partial charge in [-0.15, -0.1) is 0 Å². The summed E-state index contributed by atoms with van der Waals surface area (Å²) in [7, 11) is 0. The molecule has 0 heterocycles. The Morgan fingerprint density at radius 2 is 1.50 bits per heavy atom. The first-order valence-corrected chi connectivity index (χ1v) is 7.45. The predicted octanol–water partition coefficient (Wildman–Crippen LogP) is 0.177. The summed E-state index contributed by atoms with van der Waals surface area (Å²) in [5.74, 6) is -2.94. The van der Waals surface area contributed by atoms with Gasteiger partial charge in [0.2, 0.25) is 0 Å². The Bertz CT molecular complexity index is 666. The fraction of sp³-hybridized carbons (Fsp3) is 0.294. The topological polar surface area (TPSA) is 133 Å². The van der Waals surface area contributed by atoms with Crippen molar-refractivity contribution < 1.29 is 30.6 Å². The zero-order valence-corrected chi connectivity index (χ0v) is 12.9. The third-order valence-electron chi connectivity index (χ3n) is 3.70. The molecule has 0 aliphatic carbocycles. The van der Waals surface area contributed by atoms with Crippen LogP contribution in [0.1, 0.15) is 11.1 Å². The highest BCUT2D eigenvalue weighted by atomic mass is 16.7. The quantitative estimate of drug-likeness (QED) is 0.359. The molecule has 2 aromatic rings. The highest BCUT2D eigenvalue weighted by molar-refractivity contribution is 5.39. The molecule has 24 heavy (non-hydrogen) atoms. The molecule has 0 aromatic heterocycles. The van der Waals surface area contributed by atoms with Crippen LogP contribution < -0.4 is 5.32 Å². The summed E-state index contributed by atoms with van der Waals surface area (Å²) in [6.45, 7) is 0.254.